The Morgan fingerprint density at radius 2 is 1.61 bits per heavy atom. The van der Waals surface area contributed by atoms with Crippen molar-refractivity contribution in [2.75, 3.05) is 33.9 Å². The average Bonchev–Trinajstić information content (AvgIpc) is 2.76. The summed E-state index contributed by atoms with van der Waals surface area (Å²) in [7, 11) is 3.43. The highest BCUT2D eigenvalue weighted by atomic mass is 35.5. The first-order chi connectivity index (χ1) is 14.8. The number of carbonyl (C=O) groups excluding carboxylic acids is 2. The Morgan fingerprint density at radius 1 is 0.935 bits per heavy atom. The number of benzene rings is 2. The maximum absolute atomic E-state index is 13.2. The maximum Gasteiger partial charge on any atom is 0.254 e. The van der Waals surface area contributed by atoms with E-state index in [4.69, 9.17) is 21.1 Å². The number of hydrogen-bond donors (Lipinski definition) is 0. The van der Waals surface area contributed by atoms with Crippen LogP contribution in [0.2, 0.25) is 5.02 Å². The van der Waals surface area contributed by atoms with E-state index in [-0.39, 0.29) is 11.8 Å². The number of carbonyl (C=O) groups is 2. The van der Waals surface area contributed by atoms with Gasteiger partial charge in [-0.2, -0.15) is 0 Å². The minimum atomic E-state index is -0.152. The Bertz CT molecular complexity index is 897. The molecule has 7 heteroatoms. The van der Waals surface area contributed by atoms with Crippen LogP contribution in [0.5, 0.6) is 11.5 Å². The van der Waals surface area contributed by atoms with E-state index in [0.717, 1.165) is 12.0 Å². The topological polar surface area (TPSA) is 59.1 Å². The van der Waals surface area contributed by atoms with Crippen LogP contribution in [0.3, 0.4) is 0 Å². The third-order valence-electron chi connectivity index (χ3n) is 4.66. The maximum atomic E-state index is 13.2. The minimum Gasteiger partial charge on any atom is -0.490 e. The number of ether oxygens (including phenoxy) is 2. The zero-order valence-electron chi connectivity index (χ0n) is 18.9. The Kier molecular flexibility index (Phi) is 9.19. The summed E-state index contributed by atoms with van der Waals surface area (Å²) >= 11 is 6.42. The third kappa shape index (κ3) is 6.37. The lowest BCUT2D eigenvalue weighted by Crippen LogP contribution is -2.30. The molecule has 2 aromatic rings. The summed E-state index contributed by atoms with van der Waals surface area (Å²) < 4.78 is 11.4. The quantitative estimate of drug-likeness (QED) is 0.521. The lowest BCUT2D eigenvalue weighted by molar-refractivity contribution is 0.0750. The highest BCUT2D eigenvalue weighted by Gasteiger charge is 2.20. The molecule has 0 saturated heterocycles. The third-order valence-corrected chi connectivity index (χ3v) is 4.94. The lowest BCUT2D eigenvalue weighted by atomic mass is 10.1. The summed E-state index contributed by atoms with van der Waals surface area (Å²) in [6, 6.07) is 10.6. The first-order valence-electron chi connectivity index (χ1n) is 10.5. The first-order valence-corrected chi connectivity index (χ1v) is 10.9. The van der Waals surface area contributed by atoms with Gasteiger partial charge in [-0.25, -0.2) is 0 Å². The van der Waals surface area contributed by atoms with Gasteiger partial charge in [-0.15, -0.1) is 0 Å². The normalized spacial score (nSPS) is 10.5. The Morgan fingerprint density at radius 3 is 2.16 bits per heavy atom. The van der Waals surface area contributed by atoms with Gasteiger partial charge in [0, 0.05) is 38.3 Å². The van der Waals surface area contributed by atoms with Crippen LogP contribution in [0, 0.1) is 0 Å². The second kappa shape index (κ2) is 11.6. The second-order valence-corrected chi connectivity index (χ2v) is 7.69. The van der Waals surface area contributed by atoms with Crippen LogP contribution in [-0.4, -0.2) is 55.5 Å². The molecule has 0 aliphatic carbocycles. The molecule has 0 unspecified atom stereocenters. The number of rotatable bonds is 10. The van der Waals surface area contributed by atoms with Gasteiger partial charge in [0.05, 0.1) is 18.2 Å². The minimum absolute atomic E-state index is 0.0570. The molecule has 168 valence electrons. The Labute approximate surface area is 189 Å². The van der Waals surface area contributed by atoms with Crippen molar-refractivity contribution in [3.8, 4) is 11.5 Å². The van der Waals surface area contributed by atoms with Crippen LogP contribution in [0.4, 0.5) is 0 Å². The second-order valence-electron chi connectivity index (χ2n) is 7.28. The Hall–Kier alpha value is -2.73. The van der Waals surface area contributed by atoms with E-state index in [1.807, 2.05) is 32.9 Å². The van der Waals surface area contributed by atoms with Crippen LogP contribution >= 0.6 is 11.6 Å². The summed E-state index contributed by atoms with van der Waals surface area (Å²) in [6.07, 6.45) is 0.838. The fourth-order valence-electron chi connectivity index (χ4n) is 3.04. The smallest absolute Gasteiger partial charge is 0.254 e. The van der Waals surface area contributed by atoms with Crippen molar-refractivity contribution in [1.29, 1.82) is 0 Å². The van der Waals surface area contributed by atoms with Crippen molar-refractivity contribution in [2.24, 2.45) is 0 Å². The summed E-state index contributed by atoms with van der Waals surface area (Å²) in [5, 5.41) is 0.352. The van der Waals surface area contributed by atoms with Gasteiger partial charge in [-0.1, -0.05) is 30.7 Å². The molecule has 0 N–H and O–H groups in total. The van der Waals surface area contributed by atoms with E-state index in [2.05, 4.69) is 0 Å². The van der Waals surface area contributed by atoms with Gasteiger partial charge in [-0.05, 0) is 50.1 Å². The van der Waals surface area contributed by atoms with Crippen molar-refractivity contribution < 1.29 is 19.1 Å². The SMILES string of the molecule is CCCOc1c(Cl)cc(C(=O)N(CC)Cc2ccc(C(=O)N(C)C)cc2)cc1OCC. The zero-order chi connectivity index (χ0) is 23.0. The van der Waals surface area contributed by atoms with Crippen LogP contribution in [0.25, 0.3) is 0 Å². The van der Waals surface area contributed by atoms with Crippen molar-refractivity contribution in [3.63, 3.8) is 0 Å². The van der Waals surface area contributed by atoms with Gasteiger partial charge in [0.25, 0.3) is 11.8 Å². The van der Waals surface area contributed by atoms with Crippen LogP contribution < -0.4 is 9.47 Å². The van der Waals surface area contributed by atoms with E-state index in [1.54, 1.807) is 43.3 Å². The molecule has 0 aromatic heterocycles. The number of amides is 2. The molecule has 0 heterocycles. The van der Waals surface area contributed by atoms with Crippen LogP contribution in [0.1, 0.15) is 53.5 Å². The van der Waals surface area contributed by atoms with Crippen LogP contribution in [-0.2, 0) is 6.54 Å². The monoisotopic (exact) mass is 446 g/mol. The highest BCUT2D eigenvalue weighted by Crippen LogP contribution is 2.37. The molecule has 0 bridgehead atoms. The lowest BCUT2D eigenvalue weighted by Gasteiger charge is -2.22. The molecular formula is C24H31ClN2O4. The van der Waals surface area contributed by atoms with Gasteiger partial charge in [-0.3, -0.25) is 9.59 Å². The Balaban J connectivity index is 2.24. The molecule has 31 heavy (non-hydrogen) atoms. The molecule has 0 spiro atoms. The predicted octanol–water partition coefficient (Wildman–Crippen LogP) is 4.89. The molecule has 6 nitrogen and oxygen atoms in total. The predicted molar refractivity (Wildman–Crippen MR) is 123 cm³/mol. The van der Waals surface area contributed by atoms with Crippen molar-refractivity contribution >= 4 is 23.4 Å². The largest absolute Gasteiger partial charge is 0.490 e. The molecule has 0 aliphatic rings. The average molecular weight is 447 g/mol. The van der Waals surface area contributed by atoms with Gasteiger partial charge in [0.1, 0.15) is 0 Å². The van der Waals surface area contributed by atoms with E-state index in [1.165, 1.54) is 4.90 Å². The number of halogens is 1. The number of nitrogens with zero attached hydrogens (tertiary/aromatic N) is 2. The fourth-order valence-corrected chi connectivity index (χ4v) is 3.30. The summed E-state index contributed by atoms with van der Waals surface area (Å²) in [6.45, 7) is 7.69. The van der Waals surface area contributed by atoms with Crippen molar-refractivity contribution in [3.05, 3.63) is 58.1 Å². The highest BCUT2D eigenvalue weighted by molar-refractivity contribution is 6.32. The van der Waals surface area contributed by atoms with Gasteiger partial charge < -0.3 is 19.3 Å². The van der Waals surface area contributed by atoms with E-state index in [0.29, 0.717) is 54.0 Å². The molecule has 0 atom stereocenters. The van der Waals surface area contributed by atoms with E-state index >= 15 is 0 Å². The molecule has 0 fully saturated rings. The molecule has 2 aromatic carbocycles. The molecule has 2 rings (SSSR count). The molecule has 0 saturated carbocycles. The van der Waals surface area contributed by atoms with Gasteiger partial charge in [0.2, 0.25) is 0 Å². The first kappa shape index (κ1) is 24.5. The molecule has 0 radical (unpaired) electrons. The zero-order valence-corrected chi connectivity index (χ0v) is 19.7. The number of hydrogen-bond acceptors (Lipinski definition) is 4. The summed E-state index contributed by atoms with van der Waals surface area (Å²) in [4.78, 5) is 28.5. The standard InChI is InChI=1S/C24H31ClN2O4/c1-6-13-31-22-20(25)14-19(15-21(22)30-8-3)24(29)27(7-2)16-17-9-11-18(12-10-17)23(28)26(4)5/h9-12,14-15H,6-8,13,16H2,1-5H3. The summed E-state index contributed by atoms with van der Waals surface area (Å²) in [5.41, 5.74) is 1.99. The van der Waals surface area contributed by atoms with Crippen molar-refractivity contribution in [2.45, 2.75) is 33.7 Å². The summed E-state index contributed by atoms with van der Waals surface area (Å²) in [5.74, 6) is 0.722. The van der Waals surface area contributed by atoms with E-state index < -0.39 is 0 Å². The fraction of sp³-hybridized carbons (Fsp3) is 0.417. The van der Waals surface area contributed by atoms with Gasteiger partial charge in [0.15, 0.2) is 11.5 Å². The van der Waals surface area contributed by atoms with Gasteiger partial charge >= 0.3 is 0 Å². The molecule has 2 amide bonds. The molecule has 0 aliphatic heterocycles. The molecular weight excluding hydrogens is 416 g/mol. The van der Waals surface area contributed by atoms with E-state index in [9.17, 15) is 9.59 Å². The van der Waals surface area contributed by atoms with Crippen LogP contribution in [0.15, 0.2) is 36.4 Å². The van der Waals surface area contributed by atoms with Crippen molar-refractivity contribution in [1.82, 2.24) is 9.80 Å².